The van der Waals surface area contributed by atoms with Crippen LogP contribution in [0, 0.1) is 23.0 Å². The van der Waals surface area contributed by atoms with Gasteiger partial charge in [0.05, 0.1) is 5.69 Å². The van der Waals surface area contributed by atoms with Gasteiger partial charge in [-0.1, -0.05) is 6.07 Å². The fourth-order valence-corrected chi connectivity index (χ4v) is 3.51. The Morgan fingerprint density at radius 1 is 1.17 bits per heavy atom. The molecule has 2 aromatic heterocycles. The summed E-state index contributed by atoms with van der Waals surface area (Å²) in [4.78, 5) is 22.7. The van der Waals surface area contributed by atoms with E-state index in [2.05, 4.69) is 9.97 Å². The zero-order valence-electron chi connectivity index (χ0n) is 15.2. The third-order valence-corrected chi connectivity index (χ3v) is 4.91. The number of rotatable bonds is 2. The molecule has 6 nitrogen and oxygen atoms in total. The van der Waals surface area contributed by atoms with Crippen LogP contribution in [-0.4, -0.2) is 27.3 Å². The number of halogens is 2. The van der Waals surface area contributed by atoms with Crippen LogP contribution in [0.2, 0.25) is 0 Å². The van der Waals surface area contributed by atoms with Gasteiger partial charge in [0, 0.05) is 48.6 Å². The molecule has 0 atom stereocenters. The molecule has 8 heteroatoms. The SMILES string of the molecule is N#Cc1c(N)nc2c(c1-c1ccc(F)c(F)c1)CN(C(=O)c1ccncc1)CC2. The lowest BCUT2D eigenvalue weighted by atomic mass is 9.90. The van der Waals surface area contributed by atoms with Gasteiger partial charge in [-0.05, 0) is 29.8 Å². The van der Waals surface area contributed by atoms with E-state index in [1.807, 2.05) is 6.07 Å². The van der Waals surface area contributed by atoms with Gasteiger partial charge in [0.15, 0.2) is 11.6 Å². The molecule has 29 heavy (non-hydrogen) atoms. The number of benzene rings is 1. The average Bonchev–Trinajstić information content (AvgIpc) is 2.74. The Morgan fingerprint density at radius 2 is 1.93 bits per heavy atom. The summed E-state index contributed by atoms with van der Waals surface area (Å²) in [5.41, 5.74) is 8.45. The Kier molecular flexibility index (Phi) is 4.64. The van der Waals surface area contributed by atoms with Crippen LogP contribution in [0.4, 0.5) is 14.6 Å². The van der Waals surface area contributed by atoms with Crippen molar-refractivity contribution in [3.63, 3.8) is 0 Å². The third kappa shape index (κ3) is 3.27. The largest absolute Gasteiger partial charge is 0.383 e. The summed E-state index contributed by atoms with van der Waals surface area (Å²) in [6.45, 7) is 0.594. The first-order chi connectivity index (χ1) is 14.0. The summed E-state index contributed by atoms with van der Waals surface area (Å²) in [7, 11) is 0. The number of hydrogen-bond donors (Lipinski definition) is 1. The maximum absolute atomic E-state index is 13.9. The summed E-state index contributed by atoms with van der Waals surface area (Å²) in [6, 6.07) is 8.66. The lowest BCUT2D eigenvalue weighted by Crippen LogP contribution is -2.37. The number of fused-ring (bicyclic) bond motifs is 1. The van der Waals surface area contributed by atoms with Crippen LogP contribution < -0.4 is 5.73 Å². The molecule has 3 aromatic rings. The van der Waals surface area contributed by atoms with Crippen molar-refractivity contribution < 1.29 is 13.6 Å². The normalized spacial score (nSPS) is 12.9. The van der Waals surface area contributed by atoms with Crippen molar-refractivity contribution >= 4 is 11.7 Å². The van der Waals surface area contributed by atoms with Crippen LogP contribution in [0.5, 0.6) is 0 Å². The van der Waals surface area contributed by atoms with Crippen LogP contribution in [0.1, 0.15) is 27.2 Å². The maximum atomic E-state index is 13.9. The molecule has 0 spiro atoms. The molecule has 2 N–H and O–H groups in total. The van der Waals surface area contributed by atoms with E-state index in [4.69, 9.17) is 5.73 Å². The molecule has 0 fully saturated rings. The quantitative estimate of drug-likeness (QED) is 0.724. The Bertz CT molecular complexity index is 1160. The Labute approximate surface area is 165 Å². The van der Waals surface area contributed by atoms with Crippen molar-refractivity contribution in [1.82, 2.24) is 14.9 Å². The molecule has 0 unspecified atom stereocenters. The van der Waals surface area contributed by atoms with E-state index in [-0.39, 0.29) is 23.8 Å². The summed E-state index contributed by atoms with van der Waals surface area (Å²) in [5, 5.41) is 9.61. The summed E-state index contributed by atoms with van der Waals surface area (Å²) in [6.07, 6.45) is 3.50. The minimum atomic E-state index is -1.03. The summed E-state index contributed by atoms with van der Waals surface area (Å²) >= 11 is 0. The highest BCUT2D eigenvalue weighted by Gasteiger charge is 2.28. The second-order valence-electron chi connectivity index (χ2n) is 6.63. The molecule has 1 aromatic carbocycles. The molecule has 0 radical (unpaired) electrons. The summed E-state index contributed by atoms with van der Waals surface area (Å²) in [5.74, 6) is -2.18. The monoisotopic (exact) mass is 391 g/mol. The minimum Gasteiger partial charge on any atom is -0.383 e. The molecule has 0 aliphatic carbocycles. The van der Waals surface area contributed by atoms with Crippen molar-refractivity contribution in [2.24, 2.45) is 0 Å². The highest BCUT2D eigenvalue weighted by atomic mass is 19.2. The second kappa shape index (κ2) is 7.28. The molecule has 0 saturated carbocycles. The van der Waals surface area contributed by atoms with E-state index in [9.17, 15) is 18.8 Å². The number of carbonyl (C=O) groups is 1. The highest BCUT2D eigenvalue weighted by Crippen LogP contribution is 2.36. The number of hydrogen-bond acceptors (Lipinski definition) is 5. The standard InChI is InChI=1S/C21H15F2N5O/c22-16-2-1-13(9-17(16)23)19-14(10-24)20(25)27-18-5-8-28(11-15(18)19)21(29)12-3-6-26-7-4-12/h1-4,6-7,9H,5,8,11H2,(H2,25,27). The van der Waals surface area contributed by atoms with Gasteiger partial charge in [0.1, 0.15) is 17.5 Å². The van der Waals surface area contributed by atoms with Crippen LogP contribution >= 0.6 is 0 Å². The highest BCUT2D eigenvalue weighted by molar-refractivity contribution is 5.94. The Hall–Kier alpha value is -3.86. The lowest BCUT2D eigenvalue weighted by molar-refractivity contribution is 0.0734. The summed E-state index contributed by atoms with van der Waals surface area (Å²) < 4.78 is 27.3. The van der Waals surface area contributed by atoms with E-state index in [0.29, 0.717) is 40.9 Å². The van der Waals surface area contributed by atoms with Crippen LogP contribution in [0.25, 0.3) is 11.1 Å². The molecule has 144 valence electrons. The maximum Gasteiger partial charge on any atom is 0.254 e. The number of nitrogens with two attached hydrogens (primary N) is 1. The molecule has 1 amide bonds. The van der Waals surface area contributed by atoms with Crippen LogP contribution in [0.3, 0.4) is 0 Å². The molecule has 0 saturated heterocycles. The number of carbonyl (C=O) groups excluding carboxylic acids is 1. The lowest BCUT2D eigenvalue weighted by Gasteiger charge is -2.30. The number of nitriles is 1. The van der Waals surface area contributed by atoms with Gasteiger partial charge in [0.2, 0.25) is 0 Å². The van der Waals surface area contributed by atoms with Gasteiger partial charge in [-0.3, -0.25) is 9.78 Å². The number of anilines is 1. The van der Waals surface area contributed by atoms with Crippen LogP contribution in [0.15, 0.2) is 42.7 Å². The first kappa shape index (κ1) is 18.5. The van der Waals surface area contributed by atoms with Crippen molar-refractivity contribution in [1.29, 1.82) is 5.26 Å². The number of nitrogens with zero attached hydrogens (tertiary/aromatic N) is 4. The van der Waals surface area contributed by atoms with Gasteiger partial charge in [-0.15, -0.1) is 0 Å². The Morgan fingerprint density at radius 3 is 2.62 bits per heavy atom. The van der Waals surface area contributed by atoms with Crippen molar-refractivity contribution in [3.8, 4) is 17.2 Å². The van der Waals surface area contributed by atoms with Gasteiger partial charge in [0.25, 0.3) is 5.91 Å². The van der Waals surface area contributed by atoms with Gasteiger partial charge < -0.3 is 10.6 Å². The van der Waals surface area contributed by atoms with Gasteiger partial charge in [-0.25, -0.2) is 13.8 Å². The topological polar surface area (TPSA) is 95.9 Å². The van der Waals surface area contributed by atoms with E-state index >= 15 is 0 Å². The molecule has 0 bridgehead atoms. The van der Waals surface area contributed by atoms with E-state index in [0.717, 1.165) is 12.1 Å². The van der Waals surface area contributed by atoms with Crippen molar-refractivity contribution in [3.05, 3.63) is 76.7 Å². The first-order valence-electron chi connectivity index (χ1n) is 8.85. The smallest absolute Gasteiger partial charge is 0.254 e. The zero-order valence-corrected chi connectivity index (χ0v) is 15.2. The zero-order chi connectivity index (χ0) is 20.5. The number of nitrogen functional groups attached to an aromatic ring is 1. The molecular weight excluding hydrogens is 376 g/mol. The van der Waals surface area contributed by atoms with E-state index < -0.39 is 11.6 Å². The number of aromatic nitrogens is 2. The van der Waals surface area contributed by atoms with E-state index in [1.165, 1.54) is 18.5 Å². The number of pyridine rings is 2. The van der Waals surface area contributed by atoms with Gasteiger partial charge >= 0.3 is 0 Å². The van der Waals surface area contributed by atoms with Crippen molar-refractivity contribution in [2.45, 2.75) is 13.0 Å². The van der Waals surface area contributed by atoms with Gasteiger partial charge in [-0.2, -0.15) is 5.26 Å². The van der Waals surface area contributed by atoms with Crippen molar-refractivity contribution in [2.75, 3.05) is 12.3 Å². The predicted octanol–water partition coefficient (Wildman–Crippen LogP) is 3.07. The minimum absolute atomic E-state index is 0.0277. The van der Waals surface area contributed by atoms with E-state index in [1.54, 1.807) is 17.0 Å². The molecule has 3 heterocycles. The first-order valence-corrected chi connectivity index (χ1v) is 8.85. The second-order valence-corrected chi connectivity index (χ2v) is 6.63. The average molecular weight is 391 g/mol. The molecule has 1 aliphatic rings. The fraction of sp³-hybridized carbons (Fsp3) is 0.143. The third-order valence-electron chi connectivity index (χ3n) is 4.91. The number of amides is 1. The predicted molar refractivity (Wildman–Crippen MR) is 101 cm³/mol. The van der Waals surface area contributed by atoms with Crippen LogP contribution in [-0.2, 0) is 13.0 Å². The molecule has 4 rings (SSSR count). The molecule has 1 aliphatic heterocycles. The fourth-order valence-electron chi connectivity index (χ4n) is 3.51. The Balaban J connectivity index is 1.83. The molecular formula is C21H15F2N5O.